The summed E-state index contributed by atoms with van der Waals surface area (Å²) in [5.74, 6) is 0. The Labute approximate surface area is 215 Å². The van der Waals surface area contributed by atoms with E-state index in [4.69, 9.17) is 0 Å². The van der Waals surface area contributed by atoms with E-state index in [9.17, 15) is 0 Å². The SMILES string of the molecule is C=CC=c1c(=CC)n2c(/C=C\C)c(C=C)c3ccccc3c(C=C)c(/C=C\C)c(C=C)c2/c1=C\C=C. The zero-order valence-electron chi connectivity index (χ0n) is 21.7. The molecule has 3 rings (SSSR count). The summed E-state index contributed by atoms with van der Waals surface area (Å²) < 4.78 is 2.31. The second-order valence-electron chi connectivity index (χ2n) is 8.19. The van der Waals surface area contributed by atoms with Gasteiger partial charge >= 0.3 is 0 Å². The van der Waals surface area contributed by atoms with Gasteiger partial charge in [0, 0.05) is 26.9 Å². The van der Waals surface area contributed by atoms with Gasteiger partial charge < -0.3 is 4.40 Å². The van der Waals surface area contributed by atoms with Crippen LogP contribution in [0.1, 0.15) is 48.7 Å². The van der Waals surface area contributed by atoms with Crippen LogP contribution in [-0.4, -0.2) is 4.40 Å². The van der Waals surface area contributed by atoms with Gasteiger partial charge in [0.05, 0.1) is 11.2 Å². The quantitative estimate of drug-likeness (QED) is 0.334. The van der Waals surface area contributed by atoms with Crippen LogP contribution >= 0.6 is 0 Å². The highest BCUT2D eigenvalue weighted by molar-refractivity contribution is 6.00. The van der Waals surface area contributed by atoms with E-state index in [1.54, 1.807) is 0 Å². The Bertz CT molecular complexity index is 1680. The summed E-state index contributed by atoms with van der Waals surface area (Å²) in [6.07, 6.45) is 24.2. The number of aromatic nitrogens is 1. The van der Waals surface area contributed by atoms with Crippen molar-refractivity contribution in [2.45, 2.75) is 20.8 Å². The first-order chi connectivity index (χ1) is 17.6. The van der Waals surface area contributed by atoms with Gasteiger partial charge in [-0.2, -0.15) is 0 Å². The third-order valence-corrected chi connectivity index (χ3v) is 6.26. The molecule has 0 amide bonds. The summed E-state index contributed by atoms with van der Waals surface area (Å²) in [6, 6.07) is 8.43. The summed E-state index contributed by atoms with van der Waals surface area (Å²) in [6.45, 7) is 26.9. The molecule has 1 heteroatoms. The predicted octanol–water partition coefficient (Wildman–Crippen LogP) is 7.66. The van der Waals surface area contributed by atoms with Crippen LogP contribution in [0.3, 0.4) is 0 Å². The minimum atomic E-state index is 1.00. The fourth-order valence-corrected chi connectivity index (χ4v) is 4.95. The molecule has 0 N–H and O–H groups in total. The second kappa shape index (κ2) is 11.9. The topological polar surface area (TPSA) is 4.41 Å². The van der Waals surface area contributed by atoms with E-state index in [0.29, 0.717) is 0 Å². The molecule has 1 aromatic carbocycles. The Morgan fingerprint density at radius 3 is 1.69 bits per heavy atom. The van der Waals surface area contributed by atoms with Crippen molar-refractivity contribution in [1.29, 1.82) is 0 Å². The maximum absolute atomic E-state index is 4.28. The van der Waals surface area contributed by atoms with E-state index in [1.165, 1.54) is 0 Å². The monoisotopic (exact) mass is 469 g/mol. The lowest BCUT2D eigenvalue weighted by Gasteiger charge is -2.07. The molecular formula is C35H35N. The molecule has 0 unspecified atom stereocenters. The van der Waals surface area contributed by atoms with Crippen molar-refractivity contribution in [1.82, 2.24) is 4.40 Å². The van der Waals surface area contributed by atoms with Gasteiger partial charge in [-0.15, -0.1) is 0 Å². The van der Waals surface area contributed by atoms with Gasteiger partial charge in [0.2, 0.25) is 0 Å². The van der Waals surface area contributed by atoms with Crippen molar-refractivity contribution in [3.05, 3.63) is 125 Å². The van der Waals surface area contributed by atoms with Gasteiger partial charge in [0.15, 0.2) is 0 Å². The fourth-order valence-electron chi connectivity index (χ4n) is 4.95. The van der Waals surface area contributed by atoms with Crippen molar-refractivity contribution >= 4 is 64.9 Å². The van der Waals surface area contributed by atoms with Gasteiger partial charge in [-0.05, 0) is 48.7 Å². The fraction of sp³-hybridized carbons (Fsp3) is 0.0857. The largest absolute Gasteiger partial charge is 0.308 e. The maximum atomic E-state index is 4.28. The van der Waals surface area contributed by atoms with Crippen molar-refractivity contribution in [2.75, 3.05) is 0 Å². The predicted molar refractivity (Wildman–Crippen MR) is 166 cm³/mol. The van der Waals surface area contributed by atoms with Gasteiger partial charge in [0.25, 0.3) is 0 Å². The number of fused-ring (bicyclic) bond motifs is 2. The molecule has 0 aliphatic rings. The van der Waals surface area contributed by atoms with Crippen LogP contribution in [0.15, 0.2) is 81.5 Å². The minimum absolute atomic E-state index is 1.00. The van der Waals surface area contributed by atoms with Crippen molar-refractivity contribution in [2.24, 2.45) is 0 Å². The Balaban J connectivity index is 3.23. The van der Waals surface area contributed by atoms with Crippen LogP contribution < -0.4 is 15.8 Å². The number of rotatable bonds is 7. The molecule has 2 heterocycles. The Morgan fingerprint density at radius 2 is 1.19 bits per heavy atom. The maximum Gasteiger partial charge on any atom is 0.0619 e. The summed E-state index contributed by atoms with van der Waals surface area (Å²) in [5.41, 5.74) is 6.17. The summed E-state index contributed by atoms with van der Waals surface area (Å²) in [7, 11) is 0. The number of benzene rings is 1. The first kappa shape index (κ1) is 26.2. The lowest BCUT2D eigenvalue weighted by molar-refractivity contribution is 1.11. The first-order valence-electron chi connectivity index (χ1n) is 12.2. The standard InChI is InChI=1S/C35H35N/c1-9-19-28-25(13-5)29-23-17-18-24-30(29)26(14-6)34(22-12-4)36-33(16-8)31(20-10-2)32(21-11-3)35(36)27(28)15-7/h9-24H,2-3,5-7H2,1,4,8H3/b19-9-,22-12-,28-25?,31-20?,32-21-,33-16?,34-26?,35-27?. The zero-order valence-corrected chi connectivity index (χ0v) is 21.7. The Morgan fingerprint density at radius 1 is 0.639 bits per heavy atom. The molecule has 1 nitrogen and oxygen atoms in total. The highest BCUT2D eigenvalue weighted by Crippen LogP contribution is 2.30. The van der Waals surface area contributed by atoms with Crippen molar-refractivity contribution in [3.63, 3.8) is 0 Å². The Kier molecular flexibility index (Phi) is 8.65. The number of allylic oxidation sites excluding steroid dienone is 4. The van der Waals surface area contributed by atoms with Crippen molar-refractivity contribution < 1.29 is 0 Å². The summed E-state index contributed by atoms with van der Waals surface area (Å²) in [5, 5.41) is 5.37. The lowest BCUT2D eigenvalue weighted by atomic mass is 9.96. The summed E-state index contributed by atoms with van der Waals surface area (Å²) in [4.78, 5) is 0. The van der Waals surface area contributed by atoms with Crippen LogP contribution in [0.2, 0.25) is 0 Å². The molecule has 0 aliphatic carbocycles. The zero-order chi connectivity index (χ0) is 26.2. The molecule has 0 saturated carbocycles. The molecule has 0 bridgehead atoms. The van der Waals surface area contributed by atoms with Gasteiger partial charge in [0.1, 0.15) is 0 Å². The van der Waals surface area contributed by atoms with Crippen LogP contribution in [0.5, 0.6) is 0 Å². The third kappa shape index (κ3) is 4.36. The minimum Gasteiger partial charge on any atom is -0.308 e. The molecule has 0 radical (unpaired) electrons. The number of hydrogen-bond donors (Lipinski definition) is 0. The third-order valence-electron chi connectivity index (χ3n) is 6.26. The van der Waals surface area contributed by atoms with Crippen molar-refractivity contribution in [3.8, 4) is 0 Å². The molecule has 0 fully saturated rings. The molecule has 0 atom stereocenters. The molecule has 3 aromatic rings. The average molecular weight is 470 g/mol. The highest BCUT2D eigenvalue weighted by Gasteiger charge is 2.15. The second-order valence-corrected chi connectivity index (χ2v) is 8.19. The van der Waals surface area contributed by atoms with E-state index in [-0.39, 0.29) is 0 Å². The molecule has 36 heavy (non-hydrogen) atoms. The van der Waals surface area contributed by atoms with E-state index in [1.807, 2.05) is 44.2 Å². The lowest BCUT2D eigenvalue weighted by Crippen LogP contribution is -2.34. The molecule has 0 spiro atoms. The van der Waals surface area contributed by atoms with Gasteiger partial charge in [-0.25, -0.2) is 0 Å². The smallest absolute Gasteiger partial charge is 0.0619 e. The van der Waals surface area contributed by atoms with Crippen LogP contribution in [0.25, 0.3) is 64.9 Å². The molecular weight excluding hydrogens is 434 g/mol. The van der Waals surface area contributed by atoms with Gasteiger partial charge in [-0.1, -0.05) is 124 Å². The van der Waals surface area contributed by atoms with E-state index < -0.39 is 0 Å². The van der Waals surface area contributed by atoms with Crippen LogP contribution in [0, 0.1) is 0 Å². The molecule has 2 aromatic heterocycles. The van der Waals surface area contributed by atoms with E-state index in [2.05, 4.69) is 111 Å². The van der Waals surface area contributed by atoms with E-state index in [0.717, 1.165) is 60.0 Å². The highest BCUT2D eigenvalue weighted by atomic mass is 14.9. The molecule has 0 saturated heterocycles. The molecule has 180 valence electrons. The summed E-state index contributed by atoms with van der Waals surface area (Å²) >= 11 is 0. The normalized spacial score (nSPS) is 13.1. The van der Waals surface area contributed by atoms with E-state index >= 15 is 0 Å². The average Bonchev–Trinajstić information content (AvgIpc) is 3.19. The van der Waals surface area contributed by atoms with Crippen LogP contribution in [-0.2, 0) is 0 Å². The first-order valence-corrected chi connectivity index (χ1v) is 12.2. The molecule has 0 aliphatic heterocycles. The number of hydrogen-bond acceptors (Lipinski definition) is 0. The van der Waals surface area contributed by atoms with Crippen LogP contribution in [0.4, 0.5) is 0 Å². The Hall–Kier alpha value is -4.36. The van der Waals surface area contributed by atoms with Gasteiger partial charge in [-0.3, -0.25) is 0 Å². The number of nitrogens with zero attached hydrogens (tertiary/aromatic N) is 1.